The van der Waals surface area contributed by atoms with Gasteiger partial charge in [0.15, 0.2) is 5.65 Å². The van der Waals surface area contributed by atoms with E-state index in [1.807, 2.05) is 42.3 Å². The van der Waals surface area contributed by atoms with Crippen LogP contribution < -0.4 is 5.32 Å². The lowest BCUT2D eigenvalue weighted by Crippen LogP contribution is -2.58. The molecule has 182 valence electrons. The molecule has 0 atom stereocenters. The number of rotatable bonds is 3. The molecule has 4 aromatic rings. The number of hydrogen-bond donors (Lipinski definition) is 2. The van der Waals surface area contributed by atoms with Crippen molar-refractivity contribution in [3.05, 3.63) is 42.9 Å². The molecule has 0 bridgehead atoms. The fourth-order valence-corrected chi connectivity index (χ4v) is 5.19. The Morgan fingerprint density at radius 2 is 1.65 bits per heavy atom. The maximum Gasteiger partial charge on any atom is 0.180 e. The number of hydrogen-bond acceptors (Lipinski definition) is 6. The second kappa shape index (κ2) is 9.17. The average Bonchev–Trinajstić information content (AvgIpc) is 3.31. The third kappa shape index (κ3) is 4.89. The summed E-state index contributed by atoms with van der Waals surface area (Å²) in [5.41, 5.74) is 3.92. The molecule has 1 saturated heterocycles. The summed E-state index contributed by atoms with van der Waals surface area (Å²) in [6.07, 6.45) is 7.47. The molecule has 10 heteroatoms. The van der Waals surface area contributed by atoms with Crippen molar-refractivity contribution in [3.8, 4) is 28.1 Å². The molecule has 34 heavy (non-hydrogen) atoms. The van der Waals surface area contributed by atoms with Crippen LogP contribution in [0.15, 0.2) is 42.9 Å². The van der Waals surface area contributed by atoms with Gasteiger partial charge in [0.25, 0.3) is 0 Å². The van der Waals surface area contributed by atoms with E-state index in [2.05, 4.69) is 53.4 Å². The highest BCUT2D eigenvalue weighted by molar-refractivity contribution is 5.85. The van der Waals surface area contributed by atoms with Gasteiger partial charge in [-0.3, -0.25) is 4.68 Å². The molecule has 0 unspecified atom stereocenters. The van der Waals surface area contributed by atoms with Crippen molar-refractivity contribution in [1.82, 2.24) is 35.1 Å². The second-order valence-corrected chi connectivity index (χ2v) is 10.2. The highest BCUT2D eigenvalue weighted by Gasteiger charge is 2.39. The van der Waals surface area contributed by atoms with Gasteiger partial charge in [-0.05, 0) is 64.3 Å². The molecule has 4 heterocycles. The van der Waals surface area contributed by atoms with Crippen LogP contribution >= 0.6 is 24.8 Å². The number of piperidine rings is 1. The summed E-state index contributed by atoms with van der Waals surface area (Å²) in [6, 6.07) is 7.75. The summed E-state index contributed by atoms with van der Waals surface area (Å²) in [4.78, 5) is 0. The third-order valence-electron chi connectivity index (χ3n) is 6.17. The fourth-order valence-electron chi connectivity index (χ4n) is 5.19. The molecule has 1 aliphatic rings. The lowest BCUT2D eigenvalue weighted by atomic mass is 9.79. The first-order valence-corrected chi connectivity index (χ1v) is 10.9. The molecule has 1 aromatic carbocycles. The van der Waals surface area contributed by atoms with E-state index >= 15 is 0 Å². The predicted octanol–water partition coefficient (Wildman–Crippen LogP) is 4.92. The zero-order chi connectivity index (χ0) is 22.7. The highest BCUT2D eigenvalue weighted by atomic mass is 35.5. The highest BCUT2D eigenvalue weighted by Crippen LogP contribution is 2.37. The Hall–Kier alpha value is -2.68. The first-order valence-electron chi connectivity index (χ1n) is 10.9. The molecule has 8 nitrogen and oxygen atoms in total. The van der Waals surface area contributed by atoms with Crippen LogP contribution in [0.3, 0.4) is 0 Å². The summed E-state index contributed by atoms with van der Waals surface area (Å²) < 4.78 is 3.75. The van der Waals surface area contributed by atoms with E-state index in [1.165, 1.54) is 0 Å². The minimum atomic E-state index is 0. The minimum absolute atomic E-state index is 0. The van der Waals surface area contributed by atoms with Crippen molar-refractivity contribution in [3.63, 3.8) is 0 Å². The lowest BCUT2D eigenvalue weighted by molar-refractivity contribution is 0.128. The Bertz CT molecular complexity index is 1300. The van der Waals surface area contributed by atoms with E-state index in [1.54, 1.807) is 16.9 Å². The van der Waals surface area contributed by atoms with Gasteiger partial charge in [-0.15, -0.1) is 35.0 Å². The van der Waals surface area contributed by atoms with Gasteiger partial charge in [0.2, 0.25) is 0 Å². The van der Waals surface area contributed by atoms with Crippen LogP contribution in [0.4, 0.5) is 0 Å². The topological polar surface area (TPSA) is 93.7 Å². The Morgan fingerprint density at radius 1 is 0.941 bits per heavy atom. The van der Waals surface area contributed by atoms with E-state index in [-0.39, 0.29) is 47.7 Å². The van der Waals surface area contributed by atoms with Crippen molar-refractivity contribution < 1.29 is 5.11 Å². The molecule has 0 saturated carbocycles. The number of fused-ring (bicyclic) bond motifs is 1. The number of aromatic nitrogens is 6. The van der Waals surface area contributed by atoms with Crippen LogP contribution in [0.2, 0.25) is 0 Å². The van der Waals surface area contributed by atoms with E-state index in [4.69, 9.17) is 0 Å². The van der Waals surface area contributed by atoms with Gasteiger partial charge in [0.1, 0.15) is 5.75 Å². The number of halogens is 2. The molecule has 0 aliphatic carbocycles. The Balaban J connectivity index is 0.00000162. The number of nitrogens with zero attached hydrogens (tertiary/aromatic N) is 6. The van der Waals surface area contributed by atoms with Crippen LogP contribution in [0.5, 0.6) is 5.75 Å². The standard InChI is InChI=1S/C24H29N7O.2ClH/c1-23(2)10-18(11-24(3,4)29-23)31-22-16(12-26-31)8-20(27-28-22)19-7-6-15(9-21(19)32)17-13-25-30(5)14-17;;/h6-9,12-14,18,29,32H,10-11H2,1-5H3;2*1H. The van der Waals surface area contributed by atoms with Gasteiger partial charge >= 0.3 is 0 Å². The van der Waals surface area contributed by atoms with Gasteiger partial charge in [0.05, 0.1) is 24.1 Å². The van der Waals surface area contributed by atoms with Crippen LogP contribution in [-0.4, -0.2) is 45.9 Å². The largest absolute Gasteiger partial charge is 0.507 e. The third-order valence-corrected chi connectivity index (χ3v) is 6.17. The maximum absolute atomic E-state index is 10.7. The van der Waals surface area contributed by atoms with Gasteiger partial charge in [-0.2, -0.15) is 10.2 Å². The number of phenolic OH excluding ortho intramolecular Hbond substituents is 1. The van der Waals surface area contributed by atoms with Crippen molar-refractivity contribution >= 4 is 35.8 Å². The summed E-state index contributed by atoms with van der Waals surface area (Å²) in [5.74, 6) is 0.161. The molecule has 0 spiro atoms. The molecular formula is C24H31Cl2N7O. The quantitative estimate of drug-likeness (QED) is 0.411. The van der Waals surface area contributed by atoms with Crippen molar-refractivity contribution in [2.45, 2.75) is 57.7 Å². The Kier molecular flexibility index (Phi) is 6.99. The molecule has 1 fully saturated rings. The van der Waals surface area contributed by atoms with Gasteiger partial charge < -0.3 is 10.4 Å². The van der Waals surface area contributed by atoms with E-state index in [9.17, 15) is 5.11 Å². The SMILES string of the molecule is Cl.Cl.Cn1cc(-c2ccc(-c3cc4cnn(C5CC(C)(C)NC(C)(C)C5)c4nn3)c(O)c2)cn1. The smallest absolute Gasteiger partial charge is 0.180 e. The van der Waals surface area contributed by atoms with Crippen molar-refractivity contribution in [2.75, 3.05) is 0 Å². The Labute approximate surface area is 211 Å². The van der Waals surface area contributed by atoms with Crippen LogP contribution in [-0.2, 0) is 7.05 Å². The molecule has 3 aromatic heterocycles. The summed E-state index contributed by atoms with van der Waals surface area (Å²) in [6.45, 7) is 8.92. The lowest BCUT2D eigenvalue weighted by Gasteiger charge is -2.46. The van der Waals surface area contributed by atoms with Crippen LogP contribution in [0.25, 0.3) is 33.4 Å². The monoisotopic (exact) mass is 503 g/mol. The number of phenols is 1. The number of benzene rings is 1. The first kappa shape index (κ1) is 25.9. The Morgan fingerprint density at radius 3 is 2.26 bits per heavy atom. The predicted molar refractivity (Wildman–Crippen MR) is 139 cm³/mol. The van der Waals surface area contributed by atoms with Crippen molar-refractivity contribution in [1.29, 1.82) is 0 Å². The zero-order valence-corrected chi connectivity index (χ0v) is 21.6. The minimum Gasteiger partial charge on any atom is -0.507 e. The van der Waals surface area contributed by atoms with Gasteiger partial charge in [-0.25, -0.2) is 4.68 Å². The molecule has 1 aliphatic heterocycles. The molecule has 5 rings (SSSR count). The molecule has 2 N–H and O–H groups in total. The summed E-state index contributed by atoms with van der Waals surface area (Å²) >= 11 is 0. The average molecular weight is 504 g/mol. The van der Waals surface area contributed by atoms with Crippen molar-refractivity contribution in [2.24, 2.45) is 7.05 Å². The molecular weight excluding hydrogens is 473 g/mol. The van der Waals surface area contributed by atoms with Gasteiger partial charge in [-0.1, -0.05) is 6.07 Å². The van der Waals surface area contributed by atoms with Gasteiger partial charge in [0, 0.05) is 40.8 Å². The van der Waals surface area contributed by atoms with E-state index in [0.717, 1.165) is 35.0 Å². The normalized spacial score (nSPS) is 17.2. The second-order valence-electron chi connectivity index (χ2n) is 10.2. The van der Waals surface area contributed by atoms with E-state index in [0.29, 0.717) is 11.3 Å². The van der Waals surface area contributed by atoms with E-state index < -0.39 is 0 Å². The van der Waals surface area contributed by atoms with Crippen LogP contribution in [0.1, 0.15) is 46.6 Å². The van der Waals surface area contributed by atoms with Crippen LogP contribution in [0, 0.1) is 0 Å². The molecule has 0 radical (unpaired) electrons. The number of aryl methyl sites for hydroxylation is 1. The summed E-state index contributed by atoms with van der Waals surface area (Å²) in [5, 5.41) is 33.2. The zero-order valence-electron chi connectivity index (χ0n) is 20.0. The molecule has 0 amide bonds. The summed E-state index contributed by atoms with van der Waals surface area (Å²) in [7, 11) is 1.87. The maximum atomic E-state index is 10.7. The number of nitrogens with one attached hydrogen (secondary N) is 1. The first-order chi connectivity index (χ1) is 15.1. The number of aromatic hydroxyl groups is 1. The fraction of sp³-hybridized carbons (Fsp3) is 0.417.